The van der Waals surface area contributed by atoms with Gasteiger partial charge in [0.25, 0.3) is 0 Å². The lowest BCUT2D eigenvalue weighted by atomic mass is 10.2. The Hall–Kier alpha value is -2.96. The Kier molecular flexibility index (Phi) is 4.18. The van der Waals surface area contributed by atoms with Crippen LogP contribution in [0.25, 0.3) is 11.2 Å². The second-order valence-electron chi connectivity index (χ2n) is 4.85. The lowest BCUT2D eigenvalue weighted by Crippen LogP contribution is -2.04. The summed E-state index contributed by atoms with van der Waals surface area (Å²) in [7, 11) is 0. The Bertz CT molecular complexity index is 826. The molecule has 2 aromatic heterocycles. The molecule has 7 nitrogen and oxygen atoms in total. The first-order chi connectivity index (χ1) is 11.2. The van der Waals surface area contributed by atoms with Gasteiger partial charge in [-0.1, -0.05) is 0 Å². The van der Waals surface area contributed by atoms with Crippen LogP contribution in [0.2, 0.25) is 0 Å². The van der Waals surface area contributed by atoms with E-state index < -0.39 is 0 Å². The van der Waals surface area contributed by atoms with Crippen molar-refractivity contribution >= 4 is 28.6 Å². The second kappa shape index (κ2) is 6.43. The molecule has 0 bridgehead atoms. The maximum Gasteiger partial charge on any atom is 0.338 e. The van der Waals surface area contributed by atoms with E-state index in [1.54, 1.807) is 37.5 Å². The Balaban J connectivity index is 1.85. The minimum Gasteiger partial charge on any atom is -0.462 e. The summed E-state index contributed by atoms with van der Waals surface area (Å²) in [6, 6.07) is 7.03. The number of benzene rings is 1. The highest BCUT2D eigenvalue weighted by Gasteiger charge is 2.10. The molecule has 23 heavy (non-hydrogen) atoms. The number of rotatable bonds is 5. The van der Waals surface area contributed by atoms with Crippen LogP contribution < -0.4 is 5.32 Å². The second-order valence-corrected chi connectivity index (χ2v) is 4.85. The van der Waals surface area contributed by atoms with Gasteiger partial charge in [0.1, 0.15) is 6.33 Å². The van der Waals surface area contributed by atoms with E-state index in [1.165, 1.54) is 6.33 Å². The third-order valence-corrected chi connectivity index (χ3v) is 3.40. The molecule has 3 rings (SSSR count). The van der Waals surface area contributed by atoms with Crippen LogP contribution in [0, 0.1) is 0 Å². The number of aryl methyl sites for hydroxylation is 1. The van der Waals surface area contributed by atoms with E-state index in [4.69, 9.17) is 4.74 Å². The van der Waals surface area contributed by atoms with Gasteiger partial charge in [0.15, 0.2) is 17.0 Å². The number of hydrogen-bond acceptors (Lipinski definition) is 6. The Morgan fingerprint density at radius 3 is 2.65 bits per heavy atom. The van der Waals surface area contributed by atoms with Gasteiger partial charge < -0.3 is 14.6 Å². The molecule has 0 amide bonds. The third kappa shape index (κ3) is 2.98. The number of aromatic nitrogens is 4. The average molecular weight is 311 g/mol. The normalized spacial score (nSPS) is 10.7. The molecular formula is C16H17N5O2. The van der Waals surface area contributed by atoms with Crippen LogP contribution in [0.15, 0.2) is 36.9 Å². The van der Waals surface area contributed by atoms with E-state index in [0.29, 0.717) is 23.5 Å². The van der Waals surface area contributed by atoms with Gasteiger partial charge in [-0.05, 0) is 38.1 Å². The van der Waals surface area contributed by atoms with Gasteiger partial charge in [-0.25, -0.2) is 19.7 Å². The van der Waals surface area contributed by atoms with E-state index in [9.17, 15) is 4.79 Å². The van der Waals surface area contributed by atoms with Gasteiger partial charge in [0.2, 0.25) is 0 Å². The number of esters is 1. The van der Waals surface area contributed by atoms with Crippen LogP contribution in [0.3, 0.4) is 0 Å². The molecule has 0 aliphatic heterocycles. The van der Waals surface area contributed by atoms with E-state index in [0.717, 1.165) is 17.9 Å². The highest BCUT2D eigenvalue weighted by molar-refractivity contribution is 5.90. The topological polar surface area (TPSA) is 81.9 Å². The minimum atomic E-state index is -0.329. The fourth-order valence-corrected chi connectivity index (χ4v) is 2.24. The zero-order valence-corrected chi connectivity index (χ0v) is 13.0. The predicted molar refractivity (Wildman–Crippen MR) is 86.7 cm³/mol. The van der Waals surface area contributed by atoms with Gasteiger partial charge in [0, 0.05) is 12.2 Å². The van der Waals surface area contributed by atoms with Crippen molar-refractivity contribution in [3.05, 3.63) is 42.5 Å². The lowest BCUT2D eigenvalue weighted by Gasteiger charge is -2.07. The highest BCUT2D eigenvalue weighted by Crippen LogP contribution is 2.22. The first kappa shape index (κ1) is 15.0. The number of fused-ring (bicyclic) bond motifs is 1. The number of carbonyl (C=O) groups excluding carboxylic acids is 1. The van der Waals surface area contributed by atoms with Crippen molar-refractivity contribution in [3.8, 4) is 0 Å². The number of carbonyl (C=O) groups is 1. The van der Waals surface area contributed by atoms with E-state index in [1.807, 2.05) is 11.5 Å². The summed E-state index contributed by atoms with van der Waals surface area (Å²) < 4.78 is 6.92. The number of anilines is 2. The fraction of sp³-hybridized carbons (Fsp3) is 0.250. The molecule has 0 spiro atoms. The predicted octanol–water partition coefficient (Wildman–Crippen LogP) is 2.77. The zero-order chi connectivity index (χ0) is 16.2. The van der Waals surface area contributed by atoms with Crippen molar-refractivity contribution in [2.24, 2.45) is 0 Å². The molecule has 0 unspecified atom stereocenters. The summed E-state index contributed by atoms with van der Waals surface area (Å²) in [4.78, 5) is 24.5. The van der Waals surface area contributed by atoms with Crippen LogP contribution in [-0.2, 0) is 11.3 Å². The SMILES string of the molecule is CCOC(=O)c1ccc(Nc2ncnc3c2ncn3CC)cc1. The van der Waals surface area contributed by atoms with Gasteiger partial charge >= 0.3 is 5.97 Å². The molecule has 0 aliphatic rings. The molecular weight excluding hydrogens is 294 g/mol. The van der Waals surface area contributed by atoms with Crippen LogP contribution in [-0.4, -0.2) is 32.1 Å². The van der Waals surface area contributed by atoms with E-state index in [2.05, 4.69) is 20.3 Å². The first-order valence-electron chi connectivity index (χ1n) is 7.43. The number of hydrogen-bond donors (Lipinski definition) is 1. The number of nitrogens with zero attached hydrogens (tertiary/aromatic N) is 4. The molecule has 0 aliphatic carbocycles. The molecule has 0 atom stereocenters. The van der Waals surface area contributed by atoms with Gasteiger partial charge in [-0.3, -0.25) is 0 Å². The fourth-order valence-electron chi connectivity index (χ4n) is 2.24. The summed E-state index contributed by atoms with van der Waals surface area (Å²) in [6.07, 6.45) is 3.25. The van der Waals surface area contributed by atoms with Crippen LogP contribution in [0.4, 0.5) is 11.5 Å². The van der Waals surface area contributed by atoms with Crippen molar-refractivity contribution in [2.75, 3.05) is 11.9 Å². The zero-order valence-electron chi connectivity index (χ0n) is 13.0. The number of ether oxygens (including phenoxy) is 1. The maximum atomic E-state index is 11.6. The molecule has 0 radical (unpaired) electrons. The molecule has 1 N–H and O–H groups in total. The third-order valence-electron chi connectivity index (χ3n) is 3.40. The molecule has 3 aromatic rings. The summed E-state index contributed by atoms with van der Waals surface area (Å²) in [6.45, 7) is 4.97. The van der Waals surface area contributed by atoms with Crippen molar-refractivity contribution in [1.29, 1.82) is 0 Å². The monoisotopic (exact) mass is 311 g/mol. The van der Waals surface area contributed by atoms with Crippen molar-refractivity contribution in [1.82, 2.24) is 19.5 Å². The van der Waals surface area contributed by atoms with Crippen LogP contribution in [0.5, 0.6) is 0 Å². The van der Waals surface area contributed by atoms with Crippen LogP contribution >= 0.6 is 0 Å². The average Bonchev–Trinajstić information content (AvgIpc) is 3.00. The quantitative estimate of drug-likeness (QED) is 0.730. The minimum absolute atomic E-state index is 0.329. The Labute approximate surface area is 133 Å². The number of nitrogens with one attached hydrogen (secondary N) is 1. The summed E-state index contributed by atoms with van der Waals surface area (Å²) in [5.74, 6) is 0.302. The highest BCUT2D eigenvalue weighted by atomic mass is 16.5. The maximum absolute atomic E-state index is 11.6. The molecule has 118 valence electrons. The molecule has 0 fully saturated rings. The smallest absolute Gasteiger partial charge is 0.338 e. The summed E-state index contributed by atoms with van der Waals surface area (Å²) in [5, 5.41) is 3.20. The van der Waals surface area contributed by atoms with Gasteiger partial charge in [-0.15, -0.1) is 0 Å². The van der Waals surface area contributed by atoms with Crippen molar-refractivity contribution in [3.63, 3.8) is 0 Å². The van der Waals surface area contributed by atoms with Gasteiger partial charge in [0.05, 0.1) is 18.5 Å². The molecule has 7 heteroatoms. The molecule has 2 heterocycles. The van der Waals surface area contributed by atoms with Crippen LogP contribution in [0.1, 0.15) is 24.2 Å². The largest absolute Gasteiger partial charge is 0.462 e. The molecule has 0 saturated heterocycles. The van der Waals surface area contributed by atoms with E-state index >= 15 is 0 Å². The van der Waals surface area contributed by atoms with Crippen molar-refractivity contribution in [2.45, 2.75) is 20.4 Å². The summed E-state index contributed by atoms with van der Waals surface area (Å²) in [5.41, 5.74) is 2.82. The standard InChI is InChI=1S/C16H17N5O2/c1-3-21-10-19-13-14(17-9-18-15(13)21)20-12-7-5-11(6-8-12)16(22)23-4-2/h5-10H,3-4H2,1-2H3,(H,17,18,20). The Morgan fingerprint density at radius 2 is 1.96 bits per heavy atom. The lowest BCUT2D eigenvalue weighted by molar-refractivity contribution is 0.0526. The first-order valence-corrected chi connectivity index (χ1v) is 7.43. The Morgan fingerprint density at radius 1 is 1.17 bits per heavy atom. The van der Waals surface area contributed by atoms with Crippen molar-refractivity contribution < 1.29 is 9.53 Å². The van der Waals surface area contributed by atoms with Gasteiger partial charge in [-0.2, -0.15) is 0 Å². The molecule has 1 aromatic carbocycles. The number of imidazole rings is 1. The summed E-state index contributed by atoms with van der Waals surface area (Å²) >= 11 is 0. The van der Waals surface area contributed by atoms with E-state index in [-0.39, 0.29) is 5.97 Å². The molecule has 0 saturated carbocycles.